The molecule has 0 saturated heterocycles. The molecule has 3 aromatic rings. The summed E-state index contributed by atoms with van der Waals surface area (Å²) in [5.74, 6) is 1.56. The first-order chi connectivity index (χ1) is 16.0. The van der Waals surface area contributed by atoms with Crippen LogP contribution in [0.25, 0.3) is 11.3 Å². The molecule has 0 radical (unpaired) electrons. The molecule has 0 saturated carbocycles. The van der Waals surface area contributed by atoms with E-state index in [1.807, 2.05) is 67.5 Å². The molecule has 6 nitrogen and oxygen atoms in total. The molecule has 33 heavy (non-hydrogen) atoms. The third-order valence-corrected chi connectivity index (χ3v) is 6.03. The second-order valence-electron chi connectivity index (χ2n) is 8.23. The van der Waals surface area contributed by atoms with E-state index in [0.717, 1.165) is 47.3 Å². The van der Waals surface area contributed by atoms with Crippen LogP contribution in [0.2, 0.25) is 0 Å². The fourth-order valence-corrected chi connectivity index (χ4v) is 4.12. The lowest BCUT2D eigenvalue weighted by Crippen LogP contribution is -2.31. The Morgan fingerprint density at radius 3 is 2.48 bits per heavy atom. The zero-order chi connectivity index (χ0) is 23.6. The highest BCUT2D eigenvalue weighted by atomic mass is 32.2. The van der Waals surface area contributed by atoms with E-state index in [2.05, 4.69) is 36.3 Å². The molecular weight excluding hydrogens is 430 g/mol. The van der Waals surface area contributed by atoms with Gasteiger partial charge in [-0.05, 0) is 38.2 Å². The number of thioether (sulfide) groups is 1. The fraction of sp³-hybridized carbons (Fsp3) is 0.346. The topological polar surface area (TPSA) is 61.4 Å². The van der Waals surface area contributed by atoms with Gasteiger partial charge in [0, 0.05) is 49.6 Å². The van der Waals surface area contributed by atoms with Crippen molar-refractivity contribution in [3.63, 3.8) is 0 Å². The second kappa shape index (κ2) is 12.4. The Balaban J connectivity index is 1.75. The van der Waals surface area contributed by atoms with Gasteiger partial charge in [-0.25, -0.2) is 9.97 Å². The van der Waals surface area contributed by atoms with Gasteiger partial charge < -0.3 is 15.1 Å². The van der Waals surface area contributed by atoms with E-state index in [0.29, 0.717) is 17.9 Å². The van der Waals surface area contributed by atoms with Gasteiger partial charge in [-0.2, -0.15) is 0 Å². The van der Waals surface area contributed by atoms with E-state index in [9.17, 15) is 4.79 Å². The lowest BCUT2D eigenvalue weighted by Gasteiger charge is -2.18. The normalized spacial score (nSPS) is 10.9. The minimum Gasteiger partial charge on any atom is -0.360 e. The van der Waals surface area contributed by atoms with Gasteiger partial charge in [0.15, 0.2) is 5.16 Å². The van der Waals surface area contributed by atoms with Crippen LogP contribution in [-0.4, -0.2) is 61.6 Å². The van der Waals surface area contributed by atoms with E-state index in [1.54, 1.807) is 11.8 Å². The summed E-state index contributed by atoms with van der Waals surface area (Å²) < 4.78 is 0. The smallest absolute Gasteiger partial charge is 0.251 e. The van der Waals surface area contributed by atoms with Gasteiger partial charge in [0.2, 0.25) is 0 Å². The van der Waals surface area contributed by atoms with Crippen LogP contribution in [0.5, 0.6) is 0 Å². The number of nitrogens with one attached hydrogen (secondary N) is 1. The maximum atomic E-state index is 12.5. The van der Waals surface area contributed by atoms with E-state index in [4.69, 9.17) is 9.97 Å². The van der Waals surface area contributed by atoms with Gasteiger partial charge in [-0.1, -0.05) is 61.2 Å². The molecular formula is C26H33N5OS. The zero-order valence-electron chi connectivity index (χ0n) is 19.9. The Morgan fingerprint density at radius 1 is 0.970 bits per heavy atom. The highest BCUT2D eigenvalue weighted by molar-refractivity contribution is 7.98. The number of benzene rings is 2. The first-order valence-corrected chi connectivity index (χ1v) is 12.2. The minimum atomic E-state index is -0.0468. The van der Waals surface area contributed by atoms with Crippen molar-refractivity contribution in [1.82, 2.24) is 20.2 Å². The summed E-state index contributed by atoms with van der Waals surface area (Å²) in [6, 6.07) is 20.0. The van der Waals surface area contributed by atoms with Crippen molar-refractivity contribution in [1.29, 1.82) is 0 Å². The average molecular weight is 464 g/mol. The number of carbonyl (C=O) groups excluding carboxylic acids is 1. The van der Waals surface area contributed by atoms with E-state index >= 15 is 0 Å². The van der Waals surface area contributed by atoms with Gasteiger partial charge in [0.25, 0.3) is 5.91 Å². The van der Waals surface area contributed by atoms with Crippen LogP contribution in [0.1, 0.15) is 29.3 Å². The summed E-state index contributed by atoms with van der Waals surface area (Å²) >= 11 is 1.59. The third kappa shape index (κ3) is 7.58. The lowest BCUT2D eigenvalue weighted by molar-refractivity contribution is 0.0951. The number of nitrogens with zero attached hydrogens (tertiary/aromatic N) is 4. The molecule has 0 unspecified atom stereocenters. The zero-order valence-corrected chi connectivity index (χ0v) is 20.7. The van der Waals surface area contributed by atoms with Crippen LogP contribution in [-0.2, 0) is 5.75 Å². The van der Waals surface area contributed by atoms with Crippen molar-refractivity contribution < 1.29 is 4.79 Å². The van der Waals surface area contributed by atoms with E-state index < -0.39 is 0 Å². The van der Waals surface area contributed by atoms with Crippen LogP contribution in [0.4, 0.5) is 5.82 Å². The predicted octanol–water partition coefficient (Wildman–Crippen LogP) is 4.57. The van der Waals surface area contributed by atoms with Gasteiger partial charge >= 0.3 is 0 Å². The Bertz CT molecular complexity index is 1040. The highest BCUT2D eigenvalue weighted by Gasteiger charge is 2.12. The maximum absolute atomic E-state index is 12.5. The molecule has 1 heterocycles. The number of rotatable bonds is 11. The molecule has 1 N–H and O–H groups in total. The summed E-state index contributed by atoms with van der Waals surface area (Å²) in [4.78, 5) is 26.3. The Morgan fingerprint density at radius 2 is 1.76 bits per heavy atom. The summed E-state index contributed by atoms with van der Waals surface area (Å²) in [7, 11) is 6.04. The highest BCUT2D eigenvalue weighted by Crippen LogP contribution is 2.27. The number of anilines is 1. The van der Waals surface area contributed by atoms with Crippen molar-refractivity contribution in [3.05, 3.63) is 71.8 Å². The SMILES string of the molecule is CCCN(C)c1cc(-c2ccccc2)nc(SCc2cccc(C(=O)NCCN(C)C)c2)n1. The number of carbonyl (C=O) groups is 1. The summed E-state index contributed by atoms with van der Waals surface area (Å²) in [5.41, 5.74) is 3.73. The van der Waals surface area contributed by atoms with Gasteiger partial charge in [0.1, 0.15) is 5.82 Å². The van der Waals surface area contributed by atoms with Crippen LogP contribution < -0.4 is 10.2 Å². The number of amides is 1. The van der Waals surface area contributed by atoms with Crippen molar-refractivity contribution >= 4 is 23.5 Å². The first kappa shape index (κ1) is 24.7. The molecule has 7 heteroatoms. The Hall–Kier alpha value is -2.90. The van der Waals surface area contributed by atoms with Gasteiger partial charge in [0.05, 0.1) is 5.69 Å². The summed E-state index contributed by atoms with van der Waals surface area (Å²) in [6.07, 6.45) is 1.05. The van der Waals surface area contributed by atoms with Crippen LogP contribution >= 0.6 is 11.8 Å². The molecule has 1 amide bonds. The second-order valence-corrected chi connectivity index (χ2v) is 9.17. The molecule has 1 aromatic heterocycles. The lowest BCUT2D eigenvalue weighted by atomic mass is 10.1. The number of hydrogen-bond acceptors (Lipinski definition) is 6. The third-order valence-electron chi connectivity index (χ3n) is 5.11. The molecule has 3 rings (SSSR count). The molecule has 0 bridgehead atoms. The fourth-order valence-electron chi connectivity index (χ4n) is 3.33. The number of likely N-dealkylation sites (N-methyl/N-ethyl adjacent to an activating group) is 1. The van der Waals surface area contributed by atoms with Crippen molar-refractivity contribution in [2.75, 3.05) is 45.7 Å². The summed E-state index contributed by atoms with van der Waals surface area (Å²) in [6.45, 7) is 4.53. The largest absolute Gasteiger partial charge is 0.360 e. The number of hydrogen-bond donors (Lipinski definition) is 1. The van der Waals surface area contributed by atoms with Gasteiger partial charge in [-0.15, -0.1) is 0 Å². The maximum Gasteiger partial charge on any atom is 0.251 e. The molecule has 0 aliphatic carbocycles. The first-order valence-electron chi connectivity index (χ1n) is 11.3. The van der Waals surface area contributed by atoms with Gasteiger partial charge in [-0.3, -0.25) is 4.79 Å². The quantitative estimate of drug-likeness (QED) is 0.332. The molecule has 0 spiro atoms. The van der Waals surface area contributed by atoms with E-state index in [1.165, 1.54) is 0 Å². The summed E-state index contributed by atoms with van der Waals surface area (Å²) in [5, 5.41) is 3.70. The van der Waals surface area contributed by atoms with E-state index in [-0.39, 0.29) is 5.91 Å². The minimum absolute atomic E-state index is 0.0468. The Labute approximate surface area is 201 Å². The predicted molar refractivity (Wildman–Crippen MR) is 138 cm³/mol. The van der Waals surface area contributed by atoms with Crippen molar-refractivity contribution in [2.24, 2.45) is 0 Å². The molecule has 0 atom stereocenters. The average Bonchev–Trinajstić information content (AvgIpc) is 2.83. The Kier molecular flexibility index (Phi) is 9.27. The standard InChI is InChI=1S/C26H33N5OS/c1-5-15-31(4)24-18-23(21-11-7-6-8-12-21)28-26(29-24)33-19-20-10-9-13-22(17-20)25(32)27-14-16-30(2)3/h6-13,17-18H,5,14-16,19H2,1-4H3,(H,27,32). The van der Waals surface area contributed by atoms with Crippen molar-refractivity contribution in [2.45, 2.75) is 24.3 Å². The molecule has 0 aliphatic heterocycles. The van der Waals surface area contributed by atoms with Crippen LogP contribution in [0.15, 0.2) is 65.8 Å². The molecule has 0 fully saturated rings. The van der Waals surface area contributed by atoms with Crippen molar-refractivity contribution in [3.8, 4) is 11.3 Å². The monoisotopic (exact) mass is 463 g/mol. The molecule has 174 valence electrons. The van der Waals surface area contributed by atoms with Crippen LogP contribution in [0.3, 0.4) is 0 Å². The molecule has 0 aliphatic rings. The van der Waals surface area contributed by atoms with Crippen LogP contribution in [0, 0.1) is 0 Å². The number of aromatic nitrogens is 2. The molecule has 2 aromatic carbocycles.